The van der Waals surface area contributed by atoms with E-state index in [-0.39, 0.29) is 17.1 Å². The van der Waals surface area contributed by atoms with Crippen LogP contribution in [0.15, 0.2) is 18.2 Å². The summed E-state index contributed by atoms with van der Waals surface area (Å²) in [5.41, 5.74) is 1.65. The molecular weight excluding hydrogens is 329 g/mol. The van der Waals surface area contributed by atoms with Crippen LogP contribution in [-0.4, -0.2) is 74.3 Å². The highest BCUT2D eigenvalue weighted by Gasteiger charge is 2.51. The Labute approximate surface area is 157 Å². The number of rotatable bonds is 3. The molecule has 2 fully saturated rings. The van der Waals surface area contributed by atoms with Crippen molar-refractivity contribution in [1.29, 1.82) is 0 Å². The number of benzene rings is 1. The number of piperazine rings is 1. The molecule has 0 saturated carbocycles. The van der Waals surface area contributed by atoms with Crippen molar-refractivity contribution in [2.45, 2.75) is 38.9 Å². The van der Waals surface area contributed by atoms with Crippen LogP contribution in [0.3, 0.4) is 0 Å². The van der Waals surface area contributed by atoms with Crippen LogP contribution in [0.4, 0.5) is 5.69 Å². The van der Waals surface area contributed by atoms with Gasteiger partial charge in [-0.25, -0.2) is 0 Å². The number of amides is 1. The van der Waals surface area contributed by atoms with Crippen molar-refractivity contribution < 1.29 is 14.1 Å². The molecule has 7 heteroatoms. The van der Waals surface area contributed by atoms with Gasteiger partial charge in [0.05, 0.1) is 16.8 Å². The van der Waals surface area contributed by atoms with E-state index in [1.807, 2.05) is 57.8 Å². The number of hydrogen-bond donors (Lipinski definition) is 1. The number of likely N-dealkylation sites (N-methyl/N-ethyl adjacent to an activating group) is 1. The van der Waals surface area contributed by atoms with Gasteiger partial charge in [-0.3, -0.25) is 4.79 Å². The fraction of sp³-hybridized carbons (Fsp3) is 0.632. The summed E-state index contributed by atoms with van der Waals surface area (Å²) in [7, 11) is 3.49. The molecule has 6 nitrogen and oxygen atoms in total. The molecule has 0 radical (unpaired) electrons. The Balaban J connectivity index is 1.81. The van der Waals surface area contributed by atoms with Gasteiger partial charge in [0.1, 0.15) is 0 Å². The van der Waals surface area contributed by atoms with Crippen molar-refractivity contribution in [3.8, 4) is 0 Å². The van der Waals surface area contributed by atoms with Gasteiger partial charge < -0.3 is 24.4 Å². The maximum atomic E-state index is 12.9. The first-order chi connectivity index (χ1) is 12.1. The van der Waals surface area contributed by atoms with Gasteiger partial charge in [0.15, 0.2) is 0 Å². The van der Waals surface area contributed by atoms with Crippen molar-refractivity contribution in [3.63, 3.8) is 0 Å². The summed E-state index contributed by atoms with van der Waals surface area (Å²) in [5.74, 6) is 0.0721. The first-order valence-electron chi connectivity index (χ1n) is 9.30. The lowest BCUT2D eigenvalue weighted by molar-refractivity contribution is 0.00578. The first-order valence-corrected chi connectivity index (χ1v) is 9.30. The average Bonchev–Trinajstić information content (AvgIpc) is 2.82. The number of hydrogen-bond acceptors (Lipinski definition) is 5. The second-order valence-corrected chi connectivity index (χ2v) is 8.24. The molecular formula is C19H30BN3O3. The number of anilines is 1. The molecule has 0 aliphatic carbocycles. The Bertz CT molecular complexity index is 669. The smallest absolute Gasteiger partial charge is 0.399 e. The SMILES string of the molecule is CNc1cc(B2OC(C)(C)C(C)(C)O2)ccc1C(=O)N1CCN(C)CC1. The molecule has 1 N–H and O–H groups in total. The van der Waals surface area contributed by atoms with E-state index in [2.05, 4.69) is 17.3 Å². The van der Waals surface area contributed by atoms with Crippen LogP contribution in [0.1, 0.15) is 38.1 Å². The zero-order valence-electron chi connectivity index (χ0n) is 16.8. The largest absolute Gasteiger partial charge is 0.494 e. The van der Waals surface area contributed by atoms with Gasteiger partial charge in [0.2, 0.25) is 0 Å². The van der Waals surface area contributed by atoms with E-state index in [1.54, 1.807) is 0 Å². The number of nitrogens with one attached hydrogen (secondary N) is 1. The zero-order chi connectivity index (χ0) is 19.1. The lowest BCUT2D eigenvalue weighted by Gasteiger charge is -2.32. The molecule has 26 heavy (non-hydrogen) atoms. The van der Waals surface area contributed by atoms with Crippen LogP contribution in [0.5, 0.6) is 0 Å². The van der Waals surface area contributed by atoms with E-state index < -0.39 is 7.12 Å². The van der Waals surface area contributed by atoms with Gasteiger partial charge in [0, 0.05) is 38.9 Å². The highest BCUT2D eigenvalue weighted by Crippen LogP contribution is 2.36. The molecule has 1 amide bonds. The Morgan fingerprint density at radius 3 is 2.19 bits per heavy atom. The minimum absolute atomic E-state index is 0.0721. The van der Waals surface area contributed by atoms with Gasteiger partial charge >= 0.3 is 7.12 Å². The fourth-order valence-electron chi connectivity index (χ4n) is 3.26. The standard InChI is InChI=1S/C19H30BN3O3/c1-18(2)19(3,4)26-20(25-18)14-7-8-15(16(13-14)21-5)17(24)23-11-9-22(6)10-12-23/h7-8,13,21H,9-12H2,1-6H3. The summed E-state index contributed by atoms with van der Waals surface area (Å²) in [4.78, 5) is 17.1. The van der Waals surface area contributed by atoms with Crippen LogP contribution in [-0.2, 0) is 9.31 Å². The topological polar surface area (TPSA) is 54.0 Å². The molecule has 0 unspecified atom stereocenters. The van der Waals surface area contributed by atoms with E-state index in [0.29, 0.717) is 5.56 Å². The molecule has 1 aromatic carbocycles. The van der Waals surface area contributed by atoms with Gasteiger partial charge in [-0.1, -0.05) is 6.07 Å². The van der Waals surface area contributed by atoms with Crippen LogP contribution < -0.4 is 10.8 Å². The minimum atomic E-state index is -0.431. The molecule has 1 aromatic rings. The highest BCUT2D eigenvalue weighted by atomic mass is 16.7. The molecule has 0 aromatic heterocycles. The summed E-state index contributed by atoms with van der Waals surface area (Å²) < 4.78 is 12.3. The summed E-state index contributed by atoms with van der Waals surface area (Å²) in [6.45, 7) is 11.5. The molecule has 3 rings (SSSR count). The summed E-state index contributed by atoms with van der Waals surface area (Å²) >= 11 is 0. The molecule has 0 atom stereocenters. The summed E-state index contributed by atoms with van der Waals surface area (Å²) in [6, 6.07) is 5.78. The maximum Gasteiger partial charge on any atom is 0.494 e. The maximum absolute atomic E-state index is 12.9. The van der Waals surface area contributed by atoms with Gasteiger partial charge in [-0.15, -0.1) is 0 Å². The lowest BCUT2D eigenvalue weighted by atomic mass is 9.78. The van der Waals surface area contributed by atoms with E-state index in [0.717, 1.165) is 37.3 Å². The number of carbonyl (C=O) groups excluding carboxylic acids is 1. The second kappa shape index (κ2) is 6.87. The van der Waals surface area contributed by atoms with Crippen molar-refractivity contribution in [2.24, 2.45) is 0 Å². The third-order valence-corrected chi connectivity index (χ3v) is 5.86. The third-order valence-electron chi connectivity index (χ3n) is 5.86. The second-order valence-electron chi connectivity index (χ2n) is 8.24. The van der Waals surface area contributed by atoms with Crippen LogP contribution in [0.2, 0.25) is 0 Å². The van der Waals surface area contributed by atoms with Crippen molar-refractivity contribution in [2.75, 3.05) is 45.6 Å². The molecule has 2 aliphatic heterocycles. The van der Waals surface area contributed by atoms with Gasteiger partial charge in [0.25, 0.3) is 5.91 Å². The Morgan fingerprint density at radius 2 is 1.65 bits per heavy atom. The molecule has 0 spiro atoms. The van der Waals surface area contributed by atoms with E-state index in [4.69, 9.17) is 9.31 Å². The van der Waals surface area contributed by atoms with E-state index in [9.17, 15) is 4.79 Å². The Kier molecular flexibility index (Phi) is 5.07. The summed E-state index contributed by atoms with van der Waals surface area (Å²) in [5, 5.41) is 3.16. The fourth-order valence-corrected chi connectivity index (χ4v) is 3.26. The zero-order valence-corrected chi connectivity index (χ0v) is 16.8. The average molecular weight is 359 g/mol. The number of nitrogens with zero attached hydrogens (tertiary/aromatic N) is 2. The predicted molar refractivity (Wildman–Crippen MR) is 105 cm³/mol. The normalized spacial score (nSPS) is 22.5. The van der Waals surface area contributed by atoms with Crippen molar-refractivity contribution >= 4 is 24.2 Å². The first kappa shape index (κ1) is 19.2. The minimum Gasteiger partial charge on any atom is -0.399 e. The molecule has 2 saturated heterocycles. The number of carbonyl (C=O) groups is 1. The van der Waals surface area contributed by atoms with Gasteiger partial charge in [-0.2, -0.15) is 0 Å². The van der Waals surface area contributed by atoms with E-state index in [1.165, 1.54) is 0 Å². The van der Waals surface area contributed by atoms with Crippen LogP contribution >= 0.6 is 0 Å². The predicted octanol–water partition coefficient (Wildman–Crippen LogP) is 1.42. The van der Waals surface area contributed by atoms with Crippen LogP contribution in [0.25, 0.3) is 0 Å². The monoisotopic (exact) mass is 359 g/mol. The van der Waals surface area contributed by atoms with Gasteiger partial charge in [-0.05, 0) is 52.3 Å². The molecule has 142 valence electrons. The molecule has 2 aliphatic rings. The third kappa shape index (κ3) is 3.48. The summed E-state index contributed by atoms with van der Waals surface area (Å²) in [6.07, 6.45) is 0. The molecule has 2 heterocycles. The quantitative estimate of drug-likeness (QED) is 0.828. The van der Waals surface area contributed by atoms with Crippen molar-refractivity contribution in [1.82, 2.24) is 9.80 Å². The highest BCUT2D eigenvalue weighted by molar-refractivity contribution is 6.62. The lowest BCUT2D eigenvalue weighted by Crippen LogP contribution is -2.47. The van der Waals surface area contributed by atoms with Crippen LogP contribution in [0, 0.1) is 0 Å². The Hall–Kier alpha value is -1.57. The Morgan fingerprint density at radius 1 is 1.08 bits per heavy atom. The van der Waals surface area contributed by atoms with Crippen molar-refractivity contribution in [3.05, 3.63) is 23.8 Å². The molecule has 0 bridgehead atoms. The van der Waals surface area contributed by atoms with E-state index >= 15 is 0 Å².